The van der Waals surface area contributed by atoms with Gasteiger partial charge in [-0.15, -0.1) is 0 Å². The van der Waals surface area contributed by atoms with Crippen molar-refractivity contribution in [1.29, 1.82) is 0 Å². The van der Waals surface area contributed by atoms with Gasteiger partial charge in [-0.05, 0) is 48.4 Å². The van der Waals surface area contributed by atoms with Crippen LogP contribution in [0.4, 0.5) is 10.1 Å². The highest BCUT2D eigenvalue weighted by molar-refractivity contribution is 5.92. The molecule has 0 unspecified atom stereocenters. The van der Waals surface area contributed by atoms with Crippen LogP contribution in [0.1, 0.15) is 18.9 Å². The van der Waals surface area contributed by atoms with Gasteiger partial charge in [0, 0.05) is 32.1 Å². The molecule has 2 rings (SSSR count). The molecule has 0 fully saturated rings. The molecule has 0 bridgehead atoms. The lowest BCUT2D eigenvalue weighted by Gasteiger charge is -2.21. The van der Waals surface area contributed by atoms with Crippen LogP contribution >= 0.6 is 0 Å². The number of amides is 2. The van der Waals surface area contributed by atoms with Crippen molar-refractivity contribution in [1.82, 2.24) is 5.32 Å². The Morgan fingerprint density at radius 1 is 1.15 bits per heavy atom. The maximum absolute atomic E-state index is 13.0. The van der Waals surface area contributed by atoms with Gasteiger partial charge in [0.05, 0.1) is 7.11 Å². The first-order chi connectivity index (χ1) is 12.5. The van der Waals surface area contributed by atoms with Crippen molar-refractivity contribution in [2.75, 3.05) is 25.1 Å². The number of anilines is 1. The normalized spacial score (nSPS) is 10.3. The largest absolute Gasteiger partial charge is 0.497 e. The average molecular weight is 358 g/mol. The summed E-state index contributed by atoms with van der Waals surface area (Å²) in [6.45, 7) is 2.17. The summed E-state index contributed by atoms with van der Waals surface area (Å²) in [6, 6.07) is 13.3. The number of carbonyl (C=O) groups excluding carboxylic acids is 2. The molecule has 0 aliphatic heterocycles. The van der Waals surface area contributed by atoms with Crippen molar-refractivity contribution < 1.29 is 18.7 Å². The van der Waals surface area contributed by atoms with E-state index in [1.807, 2.05) is 24.3 Å². The molecule has 2 aromatic rings. The Balaban J connectivity index is 1.80. The number of halogens is 1. The molecule has 5 nitrogen and oxygen atoms in total. The van der Waals surface area contributed by atoms with Crippen molar-refractivity contribution in [2.45, 2.75) is 19.8 Å². The van der Waals surface area contributed by atoms with E-state index < -0.39 is 0 Å². The van der Waals surface area contributed by atoms with Gasteiger partial charge in [-0.2, -0.15) is 0 Å². The molecule has 0 heterocycles. The molecule has 138 valence electrons. The molecule has 0 atom stereocenters. The van der Waals surface area contributed by atoms with E-state index in [9.17, 15) is 14.0 Å². The number of carbonyl (C=O) groups is 2. The van der Waals surface area contributed by atoms with Crippen LogP contribution in [0.15, 0.2) is 48.5 Å². The number of rotatable bonds is 8. The predicted molar refractivity (Wildman–Crippen MR) is 98.8 cm³/mol. The third-order valence-electron chi connectivity index (χ3n) is 3.95. The van der Waals surface area contributed by atoms with Crippen molar-refractivity contribution in [3.8, 4) is 5.75 Å². The summed E-state index contributed by atoms with van der Waals surface area (Å²) in [5.74, 6) is 0.0832. The Morgan fingerprint density at radius 3 is 2.54 bits per heavy atom. The summed E-state index contributed by atoms with van der Waals surface area (Å²) in [4.78, 5) is 25.3. The molecule has 6 heteroatoms. The summed E-state index contributed by atoms with van der Waals surface area (Å²) in [7, 11) is 1.61. The SMILES string of the molecule is COc1cccc(CCNC(=O)CCN(C(C)=O)c2ccc(F)cc2)c1. The topological polar surface area (TPSA) is 58.6 Å². The summed E-state index contributed by atoms with van der Waals surface area (Å²) in [5.41, 5.74) is 1.64. The third-order valence-corrected chi connectivity index (χ3v) is 3.95. The van der Waals surface area contributed by atoms with Crippen LogP contribution in [-0.2, 0) is 16.0 Å². The van der Waals surface area contributed by atoms with Gasteiger partial charge in [0.1, 0.15) is 11.6 Å². The van der Waals surface area contributed by atoms with Crippen LogP contribution < -0.4 is 15.0 Å². The quantitative estimate of drug-likeness (QED) is 0.789. The molecule has 0 aliphatic rings. The number of nitrogens with zero attached hydrogens (tertiary/aromatic N) is 1. The fourth-order valence-corrected chi connectivity index (χ4v) is 2.57. The van der Waals surface area contributed by atoms with Crippen LogP contribution in [0.3, 0.4) is 0 Å². The average Bonchev–Trinajstić information content (AvgIpc) is 2.63. The lowest BCUT2D eigenvalue weighted by atomic mass is 10.1. The minimum absolute atomic E-state index is 0.138. The summed E-state index contributed by atoms with van der Waals surface area (Å²) in [6.07, 6.45) is 0.867. The summed E-state index contributed by atoms with van der Waals surface area (Å²) in [5, 5.41) is 2.85. The Hall–Kier alpha value is -2.89. The van der Waals surface area contributed by atoms with E-state index >= 15 is 0 Å². The Labute approximate surface area is 152 Å². The second kappa shape index (κ2) is 9.56. The van der Waals surface area contributed by atoms with Gasteiger partial charge in [-0.25, -0.2) is 4.39 Å². The van der Waals surface area contributed by atoms with E-state index in [-0.39, 0.29) is 30.6 Å². The third kappa shape index (κ3) is 5.88. The van der Waals surface area contributed by atoms with Crippen molar-refractivity contribution in [3.05, 3.63) is 59.9 Å². The molecule has 0 aliphatic carbocycles. The van der Waals surface area contributed by atoms with E-state index in [2.05, 4.69) is 5.32 Å². The maximum atomic E-state index is 13.0. The molecular formula is C20H23FN2O3. The van der Waals surface area contributed by atoms with Crippen molar-refractivity contribution >= 4 is 17.5 Å². The lowest BCUT2D eigenvalue weighted by Crippen LogP contribution is -2.34. The molecular weight excluding hydrogens is 335 g/mol. The van der Waals surface area contributed by atoms with Gasteiger partial charge in [0.2, 0.25) is 11.8 Å². The van der Waals surface area contributed by atoms with Crippen LogP contribution in [0.25, 0.3) is 0 Å². The van der Waals surface area contributed by atoms with E-state index in [1.54, 1.807) is 7.11 Å². The minimum Gasteiger partial charge on any atom is -0.497 e. The molecule has 1 N–H and O–H groups in total. The highest BCUT2D eigenvalue weighted by Gasteiger charge is 2.13. The van der Waals surface area contributed by atoms with E-state index in [1.165, 1.54) is 36.1 Å². The smallest absolute Gasteiger partial charge is 0.223 e. The van der Waals surface area contributed by atoms with Gasteiger partial charge >= 0.3 is 0 Å². The fourth-order valence-electron chi connectivity index (χ4n) is 2.57. The Kier molecular flexibility index (Phi) is 7.14. The Bertz CT molecular complexity index is 747. The molecule has 0 aromatic heterocycles. The van der Waals surface area contributed by atoms with Gasteiger partial charge in [0.15, 0.2) is 0 Å². The molecule has 0 radical (unpaired) electrons. The first-order valence-corrected chi connectivity index (χ1v) is 8.43. The minimum atomic E-state index is -0.368. The number of methoxy groups -OCH3 is 1. The number of nitrogens with one attached hydrogen (secondary N) is 1. The van der Waals surface area contributed by atoms with Crippen LogP contribution in [-0.4, -0.2) is 32.0 Å². The van der Waals surface area contributed by atoms with Gasteiger partial charge in [0.25, 0.3) is 0 Å². The molecule has 0 saturated heterocycles. The van der Waals surface area contributed by atoms with E-state index in [0.717, 1.165) is 11.3 Å². The van der Waals surface area contributed by atoms with Crippen molar-refractivity contribution in [2.24, 2.45) is 0 Å². The second-order valence-corrected chi connectivity index (χ2v) is 5.85. The van der Waals surface area contributed by atoms with Gasteiger partial charge in [-0.1, -0.05) is 12.1 Å². The number of hydrogen-bond donors (Lipinski definition) is 1. The molecule has 2 aromatic carbocycles. The van der Waals surface area contributed by atoms with Gasteiger partial charge in [-0.3, -0.25) is 9.59 Å². The molecule has 0 saturated carbocycles. The molecule has 26 heavy (non-hydrogen) atoms. The van der Waals surface area contributed by atoms with Gasteiger partial charge < -0.3 is 15.0 Å². The zero-order chi connectivity index (χ0) is 18.9. The highest BCUT2D eigenvalue weighted by Crippen LogP contribution is 2.15. The predicted octanol–water partition coefficient (Wildman–Crippen LogP) is 2.94. The second-order valence-electron chi connectivity index (χ2n) is 5.85. The number of hydrogen-bond acceptors (Lipinski definition) is 3. The summed E-state index contributed by atoms with van der Waals surface area (Å²) >= 11 is 0. The first kappa shape index (κ1) is 19.4. The lowest BCUT2D eigenvalue weighted by molar-refractivity contribution is -0.121. The van der Waals surface area contributed by atoms with Crippen molar-refractivity contribution in [3.63, 3.8) is 0 Å². The monoisotopic (exact) mass is 358 g/mol. The van der Waals surface area contributed by atoms with E-state index in [4.69, 9.17) is 4.74 Å². The van der Waals surface area contributed by atoms with Crippen LogP contribution in [0, 0.1) is 5.82 Å². The molecule has 0 spiro atoms. The number of ether oxygens (including phenoxy) is 1. The van der Waals surface area contributed by atoms with Crippen LogP contribution in [0.5, 0.6) is 5.75 Å². The molecule has 2 amide bonds. The number of benzene rings is 2. The highest BCUT2D eigenvalue weighted by atomic mass is 19.1. The zero-order valence-electron chi connectivity index (χ0n) is 15.0. The fraction of sp³-hybridized carbons (Fsp3) is 0.300. The van der Waals surface area contributed by atoms with Crippen LogP contribution in [0.2, 0.25) is 0 Å². The summed E-state index contributed by atoms with van der Waals surface area (Å²) < 4.78 is 18.2. The first-order valence-electron chi connectivity index (χ1n) is 8.43. The standard InChI is InChI=1S/C20H23FN2O3/c1-15(24)23(18-8-6-17(21)7-9-18)13-11-20(25)22-12-10-16-4-3-5-19(14-16)26-2/h3-9,14H,10-13H2,1-2H3,(H,22,25). The maximum Gasteiger partial charge on any atom is 0.223 e. The zero-order valence-corrected chi connectivity index (χ0v) is 15.0. The Morgan fingerprint density at radius 2 is 1.88 bits per heavy atom. The van der Waals surface area contributed by atoms with E-state index in [0.29, 0.717) is 18.7 Å².